The van der Waals surface area contributed by atoms with Crippen LogP contribution < -0.4 is 5.32 Å². The molecule has 2 heterocycles. The Morgan fingerprint density at radius 3 is 2.53 bits per heavy atom. The Labute approximate surface area is 101 Å². The molecule has 0 aromatic carbocycles. The van der Waals surface area contributed by atoms with E-state index < -0.39 is 17.5 Å². The number of fused-ring (bicyclic) bond motifs is 1. The molecule has 2 aliphatic rings. The van der Waals surface area contributed by atoms with Gasteiger partial charge in [-0.05, 0) is 12.8 Å². The molecule has 2 atom stereocenters. The molecule has 2 rings (SSSR count). The van der Waals surface area contributed by atoms with Gasteiger partial charge in [0.05, 0.1) is 12.6 Å². The van der Waals surface area contributed by atoms with Crippen molar-refractivity contribution in [2.75, 3.05) is 6.54 Å². The minimum absolute atomic E-state index is 0.0171. The van der Waals surface area contributed by atoms with Crippen LogP contribution >= 0.6 is 0 Å². The van der Waals surface area contributed by atoms with E-state index in [1.54, 1.807) is 0 Å². The second kappa shape index (κ2) is 3.82. The summed E-state index contributed by atoms with van der Waals surface area (Å²) in [6.07, 6.45) is 1.18. The summed E-state index contributed by atoms with van der Waals surface area (Å²) < 4.78 is 0. The summed E-state index contributed by atoms with van der Waals surface area (Å²) in [5.41, 5.74) is -0.478. The zero-order valence-electron chi connectivity index (χ0n) is 10.4. The van der Waals surface area contributed by atoms with Crippen LogP contribution in [0, 0.1) is 5.41 Å². The van der Waals surface area contributed by atoms with Crippen molar-refractivity contribution < 1.29 is 14.4 Å². The van der Waals surface area contributed by atoms with Gasteiger partial charge >= 0.3 is 0 Å². The predicted molar refractivity (Wildman–Crippen MR) is 61.1 cm³/mol. The number of piperazine rings is 1. The Morgan fingerprint density at radius 1 is 1.29 bits per heavy atom. The number of Topliss-reactive ketones (excluding diaryl/α,β-unsaturated/α-hetero) is 1. The monoisotopic (exact) mass is 238 g/mol. The second-order valence-corrected chi connectivity index (χ2v) is 5.74. The van der Waals surface area contributed by atoms with Gasteiger partial charge in [-0.2, -0.15) is 0 Å². The van der Waals surface area contributed by atoms with Gasteiger partial charge in [0, 0.05) is 5.41 Å². The lowest BCUT2D eigenvalue weighted by Gasteiger charge is -2.35. The zero-order valence-corrected chi connectivity index (χ0v) is 10.4. The van der Waals surface area contributed by atoms with E-state index >= 15 is 0 Å². The number of nitrogens with one attached hydrogen (secondary N) is 1. The number of ketones is 1. The van der Waals surface area contributed by atoms with E-state index in [-0.39, 0.29) is 24.1 Å². The van der Waals surface area contributed by atoms with Gasteiger partial charge in [-0.15, -0.1) is 0 Å². The van der Waals surface area contributed by atoms with Gasteiger partial charge in [-0.1, -0.05) is 20.8 Å². The largest absolute Gasteiger partial charge is 0.345 e. The highest BCUT2D eigenvalue weighted by Gasteiger charge is 2.48. The number of carbonyl (C=O) groups is 3. The topological polar surface area (TPSA) is 66.5 Å². The molecule has 2 fully saturated rings. The van der Waals surface area contributed by atoms with Crippen LogP contribution in [0.3, 0.4) is 0 Å². The molecule has 5 heteroatoms. The number of carbonyl (C=O) groups excluding carboxylic acids is 3. The van der Waals surface area contributed by atoms with E-state index in [0.29, 0.717) is 12.8 Å². The highest BCUT2D eigenvalue weighted by molar-refractivity contribution is 6.00. The third-order valence-electron chi connectivity index (χ3n) is 3.43. The summed E-state index contributed by atoms with van der Waals surface area (Å²) in [6, 6.07) is -0.855. The van der Waals surface area contributed by atoms with Crippen LogP contribution in [0.25, 0.3) is 0 Å². The molecule has 5 nitrogen and oxygen atoms in total. The number of hydrogen-bond donors (Lipinski definition) is 1. The fraction of sp³-hybridized carbons (Fsp3) is 0.750. The summed E-state index contributed by atoms with van der Waals surface area (Å²) in [5.74, 6) is -0.230. The van der Waals surface area contributed by atoms with Gasteiger partial charge in [0.25, 0.3) is 0 Å². The van der Waals surface area contributed by atoms with Gasteiger partial charge in [0.15, 0.2) is 5.78 Å². The number of rotatable bonds is 1. The second-order valence-electron chi connectivity index (χ2n) is 5.74. The molecule has 0 bridgehead atoms. The van der Waals surface area contributed by atoms with Crippen molar-refractivity contribution in [3.05, 3.63) is 0 Å². The summed E-state index contributed by atoms with van der Waals surface area (Å²) in [4.78, 5) is 37.2. The van der Waals surface area contributed by atoms with E-state index in [1.165, 1.54) is 4.90 Å². The SMILES string of the molecule is CC(C)(C)C(=O)C1CCC2C(=O)NCC(=O)N21. The zero-order chi connectivity index (χ0) is 12.8. The number of nitrogens with zero attached hydrogens (tertiary/aromatic N) is 1. The van der Waals surface area contributed by atoms with Crippen LogP contribution in [-0.4, -0.2) is 41.1 Å². The first-order valence-corrected chi connectivity index (χ1v) is 5.95. The quantitative estimate of drug-likeness (QED) is 0.704. The molecule has 94 valence electrons. The van der Waals surface area contributed by atoms with E-state index in [9.17, 15) is 14.4 Å². The van der Waals surface area contributed by atoms with E-state index in [1.807, 2.05) is 20.8 Å². The van der Waals surface area contributed by atoms with Crippen LogP contribution in [0.5, 0.6) is 0 Å². The minimum Gasteiger partial charge on any atom is -0.345 e. The van der Waals surface area contributed by atoms with Gasteiger partial charge in [0.1, 0.15) is 6.04 Å². The molecular weight excluding hydrogens is 220 g/mol. The lowest BCUT2D eigenvalue weighted by molar-refractivity contribution is -0.149. The standard InChI is InChI=1S/C12H18N2O3/c1-12(2,3)10(16)7-4-5-8-11(17)13-6-9(15)14(7)8/h7-8H,4-6H2,1-3H3,(H,13,17). The first-order chi connectivity index (χ1) is 7.82. The van der Waals surface area contributed by atoms with Crippen LogP contribution in [0.4, 0.5) is 0 Å². The van der Waals surface area contributed by atoms with Crippen molar-refractivity contribution in [1.29, 1.82) is 0 Å². The molecule has 2 unspecified atom stereocenters. The third-order valence-corrected chi connectivity index (χ3v) is 3.43. The summed E-state index contributed by atoms with van der Waals surface area (Å²) in [7, 11) is 0. The Bertz CT molecular complexity index is 384. The van der Waals surface area contributed by atoms with E-state index in [2.05, 4.69) is 5.32 Å². The minimum atomic E-state index is -0.478. The fourth-order valence-corrected chi connectivity index (χ4v) is 2.55. The molecule has 2 saturated heterocycles. The predicted octanol–water partition coefficient (Wildman–Crippen LogP) is 0.0910. The van der Waals surface area contributed by atoms with Gasteiger partial charge < -0.3 is 10.2 Å². The number of amides is 2. The average molecular weight is 238 g/mol. The molecule has 0 radical (unpaired) electrons. The number of hydrogen-bond acceptors (Lipinski definition) is 3. The normalized spacial score (nSPS) is 29.0. The summed E-state index contributed by atoms with van der Waals surface area (Å²) in [6.45, 7) is 5.55. The van der Waals surface area contributed by atoms with E-state index in [4.69, 9.17) is 0 Å². The average Bonchev–Trinajstić information content (AvgIpc) is 2.66. The van der Waals surface area contributed by atoms with Gasteiger partial charge in [0.2, 0.25) is 11.8 Å². The van der Waals surface area contributed by atoms with Crippen molar-refractivity contribution in [3.8, 4) is 0 Å². The maximum Gasteiger partial charge on any atom is 0.243 e. The molecule has 0 aliphatic carbocycles. The van der Waals surface area contributed by atoms with Crippen LogP contribution in [-0.2, 0) is 14.4 Å². The maximum absolute atomic E-state index is 12.2. The van der Waals surface area contributed by atoms with Crippen molar-refractivity contribution in [2.24, 2.45) is 5.41 Å². The maximum atomic E-state index is 12.2. The Kier molecular flexibility index (Phi) is 2.72. The molecule has 1 N–H and O–H groups in total. The fourth-order valence-electron chi connectivity index (χ4n) is 2.55. The summed E-state index contributed by atoms with van der Waals surface area (Å²) >= 11 is 0. The van der Waals surface area contributed by atoms with Crippen LogP contribution in [0.1, 0.15) is 33.6 Å². The van der Waals surface area contributed by atoms with Crippen molar-refractivity contribution >= 4 is 17.6 Å². The molecule has 2 aliphatic heterocycles. The van der Waals surface area contributed by atoms with Crippen molar-refractivity contribution in [3.63, 3.8) is 0 Å². The summed E-state index contributed by atoms with van der Waals surface area (Å²) in [5, 5.41) is 2.56. The van der Waals surface area contributed by atoms with E-state index in [0.717, 1.165) is 0 Å². The molecule has 17 heavy (non-hydrogen) atoms. The van der Waals surface area contributed by atoms with Crippen LogP contribution in [0.2, 0.25) is 0 Å². The highest BCUT2D eigenvalue weighted by Crippen LogP contribution is 2.31. The first-order valence-electron chi connectivity index (χ1n) is 5.95. The molecule has 0 aromatic rings. The molecule has 0 spiro atoms. The smallest absolute Gasteiger partial charge is 0.243 e. The van der Waals surface area contributed by atoms with Crippen LogP contribution in [0.15, 0.2) is 0 Å². The molecule has 0 aromatic heterocycles. The van der Waals surface area contributed by atoms with Gasteiger partial charge in [-0.3, -0.25) is 14.4 Å². The third kappa shape index (κ3) is 1.94. The van der Waals surface area contributed by atoms with Gasteiger partial charge in [-0.25, -0.2) is 0 Å². The highest BCUT2D eigenvalue weighted by atomic mass is 16.2. The van der Waals surface area contributed by atoms with Crippen molar-refractivity contribution in [2.45, 2.75) is 45.7 Å². The molecular formula is C12H18N2O3. The molecule has 2 amide bonds. The lowest BCUT2D eigenvalue weighted by Crippen LogP contribution is -2.59. The lowest BCUT2D eigenvalue weighted by atomic mass is 9.85. The Balaban J connectivity index is 2.25. The van der Waals surface area contributed by atoms with Crippen molar-refractivity contribution in [1.82, 2.24) is 10.2 Å². The molecule has 0 saturated carbocycles. The Morgan fingerprint density at radius 2 is 1.94 bits per heavy atom. The first kappa shape index (κ1) is 12.1. The Hall–Kier alpha value is -1.39.